The van der Waals surface area contributed by atoms with Gasteiger partial charge >= 0.3 is 0 Å². The Balaban J connectivity index is 2.15. The molecule has 0 radical (unpaired) electrons. The molecule has 19 heavy (non-hydrogen) atoms. The minimum Gasteiger partial charge on any atom is -0.323 e. The van der Waals surface area contributed by atoms with Crippen molar-refractivity contribution in [1.29, 1.82) is 0 Å². The van der Waals surface area contributed by atoms with E-state index in [-0.39, 0.29) is 23.6 Å². The van der Waals surface area contributed by atoms with Gasteiger partial charge < -0.3 is 10.2 Å². The van der Waals surface area contributed by atoms with Gasteiger partial charge in [0, 0.05) is 0 Å². The maximum Gasteiger partial charge on any atom is 0.244 e. The number of halogens is 2. The first-order valence-electron chi connectivity index (χ1n) is 5.49. The molecule has 1 amide bonds. The summed E-state index contributed by atoms with van der Waals surface area (Å²) in [5.74, 6) is -0.885. The molecular weight excluding hydrogens is 271 g/mol. The molecule has 96 valence electrons. The van der Waals surface area contributed by atoms with Crippen molar-refractivity contribution in [2.75, 3.05) is 16.8 Å². The highest BCUT2D eigenvalue weighted by atomic mass is 35.5. The van der Waals surface area contributed by atoms with Crippen molar-refractivity contribution >= 4 is 34.7 Å². The minimum absolute atomic E-state index is 0.0118. The summed E-state index contributed by atoms with van der Waals surface area (Å²) < 4.78 is 13.8. The highest BCUT2D eigenvalue weighted by Crippen LogP contribution is 2.34. The van der Waals surface area contributed by atoms with Crippen LogP contribution in [-0.2, 0) is 4.79 Å². The third kappa shape index (κ3) is 2.10. The van der Waals surface area contributed by atoms with Crippen LogP contribution in [0.25, 0.3) is 0 Å². The fourth-order valence-corrected chi connectivity index (χ4v) is 2.08. The third-order valence-electron chi connectivity index (χ3n) is 2.72. The summed E-state index contributed by atoms with van der Waals surface area (Å²) in [5.41, 5.74) is 1.27. The summed E-state index contributed by atoms with van der Waals surface area (Å²) in [5, 5.41) is 2.64. The summed E-state index contributed by atoms with van der Waals surface area (Å²) in [6.07, 6.45) is 0.986. The van der Waals surface area contributed by atoms with Gasteiger partial charge in [-0.05, 0) is 23.7 Å². The van der Waals surface area contributed by atoms with E-state index in [9.17, 15) is 9.18 Å². The summed E-state index contributed by atoms with van der Waals surface area (Å²) in [6.45, 7) is -0.0265. The molecule has 1 N–H and O–H groups in total. The van der Waals surface area contributed by atoms with Crippen LogP contribution in [0.1, 0.15) is 0 Å². The summed E-state index contributed by atoms with van der Waals surface area (Å²) in [4.78, 5) is 20.5. The third-order valence-corrected chi connectivity index (χ3v) is 2.90. The van der Waals surface area contributed by atoms with E-state index in [0.717, 1.165) is 6.20 Å². The minimum atomic E-state index is -0.631. The average molecular weight is 279 g/mol. The Morgan fingerprint density at radius 1 is 1.37 bits per heavy atom. The molecule has 1 aliphatic heterocycles. The molecule has 0 spiro atoms. The zero-order chi connectivity index (χ0) is 13.4. The number of para-hydroxylation sites is 2. The molecule has 2 heterocycles. The van der Waals surface area contributed by atoms with E-state index in [4.69, 9.17) is 11.6 Å². The van der Waals surface area contributed by atoms with Crippen LogP contribution in [0.5, 0.6) is 0 Å². The van der Waals surface area contributed by atoms with Crippen LogP contribution >= 0.6 is 11.6 Å². The topological polar surface area (TPSA) is 58.1 Å². The second kappa shape index (κ2) is 4.47. The van der Waals surface area contributed by atoms with Gasteiger partial charge in [-0.3, -0.25) is 4.79 Å². The predicted octanol–water partition coefficient (Wildman–Crippen LogP) is 2.36. The number of carbonyl (C=O) groups is 1. The number of fused-ring (bicyclic) bond motifs is 1. The lowest BCUT2D eigenvalue weighted by atomic mass is 10.2. The van der Waals surface area contributed by atoms with E-state index in [0.29, 0.717) is 11.4 Å². The average Bonchev–Trinajstić information content (AvgIpc) is 2.40. The molecule has 0 aliphatic carbocycles. The van der Waals surface area contributed by atoms with Crippen molar-refractivity contribution in [3.63, 3.8) is 0 Å². The van der Waals surface area contributed by atoms with Crippen molar-refractivity contribution in [3.05, 3.63) is 41.6 Å². The molecule has 7 heteroatoms. The number of carbonyl (C=O) groups excluding carboxylic acids is 1. The van der Waals surface area contributed by atoms with E-state index < -0.39 is 5.82 Å². The van der Waals surface area contributed by atoms with Crippen molar-refractivity contribution in [2.45, 2.75) is 0 Å². The Labute approximate surface area is 113 Å². The fraction of sp³-hybridized carbons (Fsp3) is 0.0833. The van der Waals surface area contributed by atoms with E-state index in [2.05, 4.69) is 15.3 Å². The highest BCUT2D eigenvalue weighted by Gasteiger charge is 2.26. The smallest absolute Gasteiger partial charge is 0.244 e. The van der Waals surface area contributed by atoms with Crippen LogP contribution < -0.4 is 10.2 Å². The van der Waals surface area contributed by atoms with Gasteiger partial charge in [-0.2, -0.15) is 4.98 Å². The number of amides is 1. The lowest BCUT2D eigenvalue weighted by Gasteiger charge is -2.29. The van der Waals surface area contributed by atoms with E-state index in [1.54, 1.807) is 24.3 Å². The molecule has 2 aromatic rings. The standard InChI is InChI=1S/C12H8ClFN4O/c13-12-15-5-7(14)11(17-12)18-6-10(19)16-8-3-1-2-4-9(8)18/h1-5H,6H2,(H,16,19). The van der Waals surface area contributed by atoms with Crippen LogP contribution in [0.2, 0.25) is 5.28 Å². The van der Waals surface area contributed by atoms with Gasteiger partial charge in [-0.1, -0.05) is 12.1 Å². The monoisotopic (exact) mass is 278 g/mol. The Bertz CT molecular complexity index is 664. The van der Waals surface area contributed by atoms with E-state index in [1.807, 2.05) is 0 Å². The maximum absolute atomic E-state index is 13.8. The van der Waals surface area contributed by atoms with Gasteiger partial charge in [0.15, 0.2) is 11.6 Å². The zero-order valence-electron chi connectivity index (χ0n) is 9.60. The quantitative estimate of drug-likeness (QED) is 0.814. The van der Waals surface area contributed by atoms with Crippen LogP contribution in [0.3, 0.4) is 0 Å². The molecule has 0 atom stereocenters. The van der Waals surface area contributed by atoms with Gasteiger partial charge in [0.1, 0.15) is 6.54 Å². The Morgan fingerprint density at radius 3 is 3.00 bits per heavy atom. The normalized spacial score (nSPS) is 14.0. The Kier molecular flexibility index (Phi) is 2.79. The first-order chi connectivity index (χ1) is 9.15. The van der Waals surface area contributed by atoms with Gasteiger partial charge in [0.25, 0.3) is 0 Å². The molecule has 0 fully saturated rings. The van der Waals surface area contributed by atoms with Crippen molar-refractivity contribution in [1.82, 2.24) is 9.97 Å². The number of nitrogens with zero attached hydrogens (tertiary/aromatic N) is 3. The molecule has 0 saturated heterocycles. The SMILES string of the molecule is O=C1CN(c2nc(Cl)ncc2F)c2ccccc2N1. The second-order valence-electron chi connectivity index (χ2n) is 3.96. The Morgan fingerprint density at radius 2 is 2.16 bits per heavy atom. The molecule has 0 saturated carbocycles. The van der Waals surface area contributed by atoms with Crippen LogP contribution in [0, 0.1) is 5.82 Å². The van der Waals surface area contributed by atoms with E-state index >= 15 is 0 Å². The molecule has 1 aromatic carbocycles. The number of benzene rings is 1. The molecule has 1 aliphatic rings. The van der Waals surface area contributed by atoms with Gasteiger partial charge in [-0.25, -0.2) is 9.37 Å². The van der Waals surface area contributed by atoms with Crippen molar-refractivity contribution in [2.24, 2.45) is 0 Å². The maximum atomic E-state index is 13.8. The van der Waals surface area contributed by atoms with Gasteiger partial charge in [-0.15, -0.1) is 0 Å². The van der Waals surface area contributed by atoms with Crippen LogP contribution in [-0.4, -0.2) is 22.4 Å². The molecular formula is C12H8ClFN4O. The summed E-state index contributed by atoms with van der Waals surface area (Å²) >= 11 is 5.68. The number of hydrogen-bond acceptors (Lipinski definition) is 4. The first kappa shape index (κ1) is 11.9. The van der Waals surface area contributed by atoms with Crippen LogP contribution in [0.4, 0.5) is 21.6 Å². The largest absolute Gasteiger partial charge is 0.323 e. The van der Waals surface area contributed by atoms with Gasteiger partial charge in [0.2, 0.25) is 11.2 Å². The molecule has 5 nitrogen and oxygen atoms in total. The highest BCUT2D eigenvalue weighted by molar-refractivity contribution is 6.28. The molecule has 1 aromatic heterocycles. The lowest BCUT2D eigenvalue weighted by Crippen LogP contribution is -2.36. The summed E-state index contributed by atoms with van der Waals surface area (Å²) in [7, 11) is 0. The molecule has 0 bridgehead atoms. The fourth-order valence-electron chi connectivity index (χ4n) is 1.95. The molecule has 0 unspecified atom stereocenters. The first-order valence-corrected chi connectivity index (χ1v) is 5.87. The predicted molar refractivity (Wildman–Crippen MR) is 69.1 cm³/mol. The van der Waals surface area contributed by atoms with Gasteiger partial charge in [0.05, 0.1) is 17.6 Å². The van der Waals surface area contributed by atoms with Crippen molar-refractivity contribution < 1.29 is 9.18 Å². The number of aromatic nitrogens is 2. The van der Waals surface area contributed by atoms with Crippen LogP contribution in [0.15, 0.2) is 30.5 Å². The van der Waals surface area contributed by atoms with E-state index in [1.165, 1.54) is 4.90 Å². The second-order valence-corrected chi connectivity index (χ2v) is 4.30. The zero-order valence-corrected chi connectivity index (χ0v) is 10.4. The van der Waals surface area contributed by atoms with Crippen molar-refractivity contribution in [3.8, 4) is 0 Å². The number of rotatable bonds is 1. The summed E-state index contributed by atoms with van der Waals surface area (Å²) in [6, 6.07) is 7.08. The molecule has 3 rings (SSSR count). The number of anilines is 3. The number of nitrogens with one attached hydrogen (secondary N) is 1. The Hall–Kier alpha value is -2.21. The lowest BCUT2D eigenvalue weighted by molar-refractivity contribution is -0.115. The number of hydrogen-bond donors (Lipinski definition) is 1.